The Labute approximate surface area is 90.0 Å². The van der Waals surface area contributed by atoms with Gasteiger partial charge in [-0.1, -0.05) is 30.3 Å². The van der Waals surface area contributed by atoms with Crippen LogP contribution in [0.4, 0.5) is 0 Å². The van der Waals surface area contributed by atoms with Gasteiger partial charge < -0.3 is 9.47 Å². The Morgan fingerprint density at radius 2 is 2.00 bits per heavy atom. The van der Waals surface area contributed by atoms with Crippen LogP contribution in [0, 0.1) is 0 Å². The molecule has 1 rings (SSSR count). The standard InChI is InChI=1S/C12H16O3/c1-3-14-12(13)9-15-10(2)11-7-5-4-6-8-11/h4-8,10H,3,9H2,1-2H3. The maximum atomic E-state index is 11.0. The van der Waals surface area contributed by atoms with Crippen molar-refractivity contribution in [1.29, 1.82) is 0 Å². The summed E-state index contributed by atoms with van der Waals surface area (Å²) in [7, 11) is 0. The Kier molecular flexibility index (Phi) is 4.84. The second kappa shape index (κ2) is 6.19. The number of rotatable bonds is 5. The van der Waals surface area contributed by atoms with E-state index in [9.17, 15) is 4.79 Å². The van der Waals surface area contributed by atoms with Crippen molar-refractivity contribution in [2.45, 2.75) is 20.0 Å². The minimum atomic E-state index is -0.319. The van der Waals surface area contributed by atoms with Gasteiger partial charge in [0.25, 0.3) is 0 Å². The van der Waals surface area contributed by atoms with Crippen LogP contribution in [-0.2, 0) is 14.3 Å². The highest BCUT2D eigenvalue weighted by Gasteiger charge is 2.08. The van der Waals surface area contributed by atoms with Gasteiger partial charge in [0.05, 0.1) is 12.7 Å². The summed E-state index contributed by atoms with van der Waals surface area (Å²) in [6.07, 6.45) is -0.0874. The first kappa shape index (κ1) is 11.7. The molecule has 0 aromatic heterocycles. The minimum Gasteiger partial charge on any atom is -0.464 e. The molecule has 0 amide bonds. The van der Waals surface area contributed by atoms with Crippen LogP contribution in [0.15, 0.2) is 30.3 Å². The van der Waals surface area contributed by atoms with Gasteiger partial charge in [0.15, 0.2) is 0 Å². The molecular formula is C12H16O3. The zero-order valence-electron chi connectivity index (χ0n) is 9.10. The lowest BCUT2D eigenvalue weighted by Crippen LogP contribution is -2.14. The number of hydrogen-bond donors (Lipinski definition) is 0. The van der Waals surface area contributed by atoms with Gasteiger partial charge in [-0.2, -0.15) is 0 Å². The van der Waals surface area contributed by atoms with Gasteiger partial charge in [-0.25, -0.2) is 4.79 Å². The van der Waals surface area contributed by atoms with Crippen molar-refractivity contribution in [3.63, 3.8) is 0 Å². The van der Waals surface area contributed by atoms with E-state index in [2.05, 4.69) is 0 Å². The van der Waals surface area contributed by atoms with Crippen molar-refractivity contribution in [2.24, 2.45) is 0 Å². The van der Waals surface area contributed by atoms with E-state index in [0.29, 0.717) is 6.61 Å². The van der Waals surface area contributed by atoms with E-state index in [1.54, 1.807) is 6.92 Å². The molecule has 82 valence electrons. The zero-order valence-corrected chi connectivity index (χ0v) is 9.10. The minimum absolute atomic E-state index is 0.00387. The van der Waals surface area contributed by atoms with Gasteiger partial charge in [-0.3, -0.25) is 0 Å². The van der Waals surface area contributed by atoms with Crippen molar-refractivity contribution in [3.05, 3.63) is 35.9 Å². The Balaban J connectivity index is 2.37. The fourth-order valence-corrected chi connectivity index (χ4v) is 1.22. The molecule has 0 fully saturated rings. The van der Waals surface area contributed by atoms with Crippen molar-refractivity contribution < 1.29 is 14.3 Å². The molecule has 0 heterocycles. The van der Waals surface area contributed by atoms with Crippen LogP contribution in [0.5, 0.6) is 0 Å². The Morgan fingerprint density at radius 3 is 2.60 bits per heavy atom. The van der Waals surface area contributed by atoms with Gasteiger partial charge in [0.2, 0.25) is 0 Å². The van der Waals surface area contributed by atoms with Crippen LogP contribution in [-0.4, -0.2) is 19.2 Å². The van der Waals surface area contributed by atoms with E-state index in [1.807, 2.05) is 37.3 Å². The van der Waals surface area contributed by atoms with Gasteiger partial charge in [0, 0.05) is 0 Å². The monoisotopic (exact) mass is 208 g/mol. The quantitative estimate of drug-likeness (QED) is 0.697. The largest absolute Gasteiger partial charge is 0.464 e. The van der Waals surface area contributed by atoms with Crippen molar-refractivity contribution in [3.8, 4) is 0 Å². The van der Waals surface area contributed by atoms with Gasteiger partial charge in [0.1, 0.15) is 6.61 Å². The highest BCUT2D eigenvalue weighted by Crippen LogP contribution is 2.15. The Bertz CT molecular complexity index is 295. The van der Waals surface area contributed by atoms with Crippen molar-refractivity contribution >= 4 is 5.97 Å². The fraction of sp³-hybridized carbons (Fsp3) is 0.417. The van der Waals surface area contributed by atoms with E-state index in [0.717, 1.165) is 5.56 Å². The molecule has 15 heavy (non-hydrogen) atoms. The van der Waals surface area contributed by atoms with Crippen LogP contribution in [0.25, 0.3) is 0 Å². The average Bonchev–Trinajstić information content (AvgIpc) is 2.27. The molecule has 0 aliphatic carbocycles. The summed E-state index contributed by atoms with van der Waals surface area (Å²) >= 11 is 0. The van der Waals surface area contributed by atoms with Crippen LogP contribution >= 0.6 is 0 Å². The van der Waals surface area contributed by atoms with Crippen LogP contribution in [0.1, 0.15) is 25.5 Å². The second-order valence-corrected chi connectivity index (χ2v) is 3.17. The fourth-order valence-electron chi connectivity index (χ4n) is 1.22. The topological polar surface area (TPSA) is 35.5 Å². The molecule has 1 unspecified atom stereocenters. The molecular weight excluding hydrogens is 192 g/mol. The smallest absolute Gasteiger partial charge is 0.332 e. The summed E-state index contributed by atoms with van der Waals surface area (Å²) in [5, 5.41) is 0. The van der Waals surface area contributed by atoms with Crippen LogP contribution < -0.4 is 0 Å². The lowest BCUT2D eigenvalue weighted by molar-refractivity contribution is -0.150. The third kappa shape index (κ3) is 4.13. The lowest BCUT2D eigenvalue weighted by atomic mass is 10.1. The molecule has 0 saturated carbocycles. The number of benzene rings is 1. The first-order valence-electron chi connectivity index (χ1n) is 5.06. The molecule has 1 aromatic carbocycles. The normalized spacial score (nSPS) is 12.1. The van der Waals surface area contributed by atoms with Gasteiger partial charge in [-0.05, 0) is 19.4 Å². The first-order valence-corrected chi connectivity index (χ1v) is 5.06. The number of esters is 1. The molecule has 0 aliphatic rings. The molecule has 0 aliphatic heterocycles. The number of ether oxygens (including phenoxy) is 2. The van der Waals surface area contributed by atoms with E-state index in [4.69, 9.17) is 9.47 Å². The van der Waals surface area contributed by atoms with E-state index >= 15 is 0 Å². The van der Waals surface area contributed by atoms with Crippen LogP contribution in [0.3, 0.4) is 0 Å². The van der Waals surface area contributed by atoms with E-state index < -0.39 is 0 Å². The third-order valence-corrected chi connectivity index (χ3v) is 2.03. The first-order chi connectivity index (χ1) is 7.24. The van der Waals surface area contributed by atoms with Gasteiger partial charge in [-0.15, -0.1) is 0 Å². The molecule has 0 bridgehead atoms. The average molecular weight is 208 g/mol. The summed E-state index contributed by atoms with van der Waals surface area (Å²) in [6.45, 7) is 4.08. The van der Waals surface area contributed by atoms with Crippen molar-refractivity contribution in [1.82, 2.24) is 0 Å². The summed E-state index contributed by atoms with van der Waals surface area (Å²) in [5.41, 5.74) is 1.06. The van der Waals surface area contributed by atoms with E-state index in [-0.39, 0.29) is 18.7 Å². The predicted octanol–water partition coefficient (Wildman–Crippen LogP) is 2.33. The molecule has 0 saturated heterocycles. The molecule has 3 heteroatoms. The highest BCUT2D eigenvalue weighted by atomic mass is 16.6. The molecule has 3 nitrogen and oxygen atoms in total. The summed E-state index contributed by atoms with van der Waals surface area (Å²) in [4.78, 5) is 11.0. The number of carbonyl (C=O) groups excluding carboxylic acids is 1. The summed E-state index contributed by atoms with van der Waals surface area (Å²) in [5.74, 6) is -0.319. The van der Waals surface area contributed by atoms with Crippen molar-refractivity contribution in [2.75, 3.05) is 13.2 Å². The summed E-state index contributed by atoms with van der Waals surface area (Å²) < 4.78 is 10.1. The Morgan fingerprint density at radius 1 is 1.33 bits per heavy atom. The zero-order chi connectivity index (χ0) is 11.1. The summed E-state index contributed by atoms with van der Waals surface area (Å²) in [6, 6.07) is 9.77. The Hall–Kier alpha value is -1.35. The third-order valence-electron chi connectivity index (χ3n) is 2.03. The maximum absolute atomic E-state index is 11.0. The SMILES string of the molecule is CCOC(=O)COC(C)c1ccccc1. The molecule has 1 atom stereocenters. The number of carbonyl (C=O) groups is 1. The molecule has 1 aromatic rings. The number of hydrogen-bond acceptors (Lipinski definition) is 3. The highest BCUT2D eigenvalue weighted by molar-refractivity contribution is 5.70. The van der Waals surface area contributed by atoms with Crippen LogP contribution in [0.2, 0.25) is 0 Å². The van der Waals surface area contributed by atoms with E-state index in [1.165, 1.54) is 0 Å². The maximum Gasteiger partial charge on any atom is 0.332 e. The second-order valence-electron chi connectivity index (χ2n) is 3.17. The molecule has 0 radical (unpaired) electrons. The lowest BCUT2D eigenvalue weighted by Gasteiger charge is -2.12. The predicted molar refractivity (Wildman–Crippen MR) is 57.4 cm³/mol. The molecule has 0 N–H and O–H groups in total. The molecule has 0 spiro atoms. The van der Waals surface area contributed by atoms with Gasteiger partial charge >= 0.3 is 5.97 Å².